The summed E-state index contributed by atoms with van der Waals surface area (Å²) in [7, 11) is -7.22. The lowest BCUT2D eigenvalue weighted by Gasteiger charge is -2.37. The van der Waals surface area contributed by atoms with Gasteiger partial charge in [-0.2, -0.15) is 13.2 Å². The lowest BCUT2D eigenvalue weighted by molar-refractivity contribution is -0.0437. The standard InChI is InChI=1S/C38H36ClF5N4O3S3.C2H6/c1-23(2)48-24(3)37(53(4)49)35(36(48)25-5-7-27(39)8-6-25)26-19-28(40)21-31(20-26)47-17-15-46(16-18-47)30-11-9-29(10-12-30)45-52-32-13-14-33(41)34(22-32)54(50,51)38(42,43)44;1-2/h5-14,19-23,45H,15-18H2,1-4H3;1-2H3. The second-order valence-corrected chi connectivity index (χ2v) is 17.6. The molecule has 1 aliphatic heterocycles. The van der Waals surface area contributed by atoms with E-state index in [9.17, 15) is 30.2 Å². The van der Waals surface area contributed by atoms with Gasteiger partial charge in [-0.1, -0.05) is 37.6 Å². The Morgan fingerprint density at radius 3 is 1.96 bits per heavy atom. The molecule has 0 spiro atoms. The van der Waals surface area contributed by atoms with Crippen molar-refractivity contribution in [2.45, 2.75) is 60.9 Å². The predicted molar refractivity (Wildman–Crippen MR) is 219 cm³/mol. The molecule has 56 heavy (non-hydrogen) atoms. The molecular weight excluding hydrogens is 811 g/mol. The number of anilines is 3. The molecule has 0 amide bonds. The number of nitrogens with zero attached hydrogens (tertiary/aromatic N) is 3. The number of hydrogen-bond acceptors (Lipinski definition) is 7. The van der Waals surface area contributed by atoms with Gasteiger partial charge < -0.3 is 19.1 Å². The molecule has 2 heterocycles. The first-order chi connectivity index (χ1) is 26.5. The van der Waals surface area contributed by atoms with Crippen molar-refractivity contribution in [1.82, 2.24) is 4.57 Å². The maximum atomic E-state index is 15.5. The minimum absolute atomic E-state index is 0.0345. The van der Waals surface area contributed by atoms with Crippen molar-refractivity contribution in [3.8, 4) is 22.4 Å². The van der Waals surface area contributed by atoms with E-state index in [1.165, 1.54) is 18.2 Å². The Kier molecular flexibility index (Phi) is 13.6. The third-order valence-electron chi connectivity index (χ3n) is 9.15. The van der Waals surface area contributed by atoms with E-state index in [0.29, 0.717) is 65.2 Å². The topological polar surface area (TPSA) is 74.7 Å². The number of hydrogen-bond donors (Lipinski definition) is 1. The fourth-order valence-corrected chi connectivity index (χ4v) is 9.46. The van der Waals surface area contributed by atoms with Crippen LogP contribution in [0.25, 0.3) is 22.4 Å². The second kappa shape index (κ2) is 17.6. The molecular formula is C40H42ClF5N4O3S3. The molecule has 1 saturated heterocycles. The van der Waals surface area contributed by atoms with Crippen molar-refractivity contribution >= 4 is 61.2 Å². The van der Waals surface area contributed by atoms with Gasteiger partial charge in [-0.25, -0.2) is 17.2 Å². The van der Waals surface area contributed by atoms with Crippen molar-refractivity contribution in [2.75, 3.05) is 47.0 Å². The highest BCUT2D eigenvalue weighted by atomic mass is 35.5. The molecule has 16 heteroatoms. The Morgan fingerprint density at radius 2 is 1.41 bits per heavy atom. The summed E-state index contributed by atoms with van der Waals surface area (Å²) >= 11 is 7.07. The summed E-state index contributed by atoms with van der Waals surface area (Å²) in [4.78, 5) is 3.58. The van der Waals surface area contributed by atoms with Crippen molar-refractivity contribution < 1.29 is 34.6 Å². The van der Waals surface area contributed by atoms with Crippen LogP contribution in [0, 0.1) is 18.6 Å². The summed E-state index contributed by atoms with van der Waals surface area (Å²) in [6.07, 6.45) is 1.64. The summed E-state index contributed by atoms with van der Waals surface area (Å²) in [6.45, 7) is 12.5. The maximum absolute atomic E-state index is 15.5. The van der Waals surface area contributed by atoms with E-state index in [4.69, 9.17) is 11.6 Å². The molecule has 0 radical (unpaired) electrons. The highest BCUT2D eigenvalue weighted by Crippen LogP contribution is 2.44. The van der Waals surface area contributed by atoms with Gasteiger partial charge in [0, 0.05) is 76.7 Å². The van der Waals surface area contributed by atoms with E-state index in [-0.39, 0.29) is 10.9 Å². The molecule has 7 nitrogen and oxygen atoms in total. The fourth-order valence-electron chi connectivity index (χ4n) is 6.70. The van der Waals surface area contributed by atoms with Crippen LogP contribution < -0.4 is 14.5 Å². The van der Waals surface area contributed by atoms with Gasteiger partial charge in [0.15, 0.2) is 0 Å². The largest absolute Gasteiger partial charge is 0.502 e. The molecule has 5 aromatic rings. The van der Waals surface area contributed by atoms with Crippen LogP contribution in [0.15, 0.2) is 99.6 Å². The van der Waals surface area contributed by atoms with Crippen LogP contribution in [-0.2, 0) is 20.6 Å². The van der Waals surface area contributed by atoms with Crippen LogP contribution in [0.1, 0.15) is 39.4 Å². The Hall–Kier alpha value is -4.05. The zero-order chi connectivity index (χ0) is 41.1. The third kappa shape index (κ3) is 9.06. The SMILES string of the molecule is CC.Cc1c(S(C)=O)c(-c2cc(F)cc(N3CCN(c4ccc(NSc5ccc(F)c(S(=O)(=O)C(F)(F)F)c5)cc4)CC3)c2)c(-c2ccc(Cl)cc2)n1C(C)C. The summed E-state index contributed by atoms with van der Waals surface area (Å²) < 4.78 is 111. The summed E-state index contributed by atoms with van der Waals surface area (Å²) in [5.41, 5.74) is 0.512. The van der Waals surface area contributed by atoms with Gasteiger partial charge in [-0.05, 0) is 117 Å². The number of piperazine rings is 1. The van der Waals surface area contributed by atoms with Crippen LogP contribution in [0.5, 0.6) is 0 Å². The second-order valence-electron chi connectivity index (χ2n) is 13.0. The number of aromatic nitrogens is 1. The molecule has 6 rings (SSSR count). The maximum Gasteiger partial charge on any atom is 0.502 e. The first-order valence-corrected chi connectivity index (χ1v) is 22.0. The van der Waals surface area contributed by atoms with E-state index in [2.05, 4.69) is 32.9 Å². The van der Waals surface area contributed by atoms with Crippen LogP contribution >= 0.6 is 23.5 Å². The number of halogens is 6. The molecule has 0 bridgehead atoms. The Labute approximate surface area is 336 Å². The van der Waals surface area contributed by atoms with E-state index >= 15 is 4.39 Å². The lowest BCUT2D eigenvalue weighted by atomic mass is 9.99. The summed E-state index contributed by atoms with van der Waals surface area (Å²) in [5, 5.41) is 0.588. The van der Waals surface area contributed by atoms with Crippen molar-refractivity contribution in [1.29, 1.82) is 0 Å². The number of alkyl halides is 3. The molecule has 300 valence electrons. The van der Waals surface area contributed by atoms with Gasteiger partial charge in [-0.3, -0.25) is 4.21 Å². The Bertz CT molecular complexity index is 2310. The van der Waals surface area contributed by atoms with Crippen molar-refractivity contribution in [2.24, 2.45) is 0 Å². The molecule has 0 aliphatic carbocycles. The molecule has 0 saturated carbocycles. The van der Waals surface area contributed by atoms with E-state index in [1.807, 2.05) is 51.1 Å². The fraction of sp³-hybridized carbons (Fsp3) is 0.300. The van der Waals surface area contributed by atoms with Crippen LogP contribution in [0.3, 0.4) is 0 Å². The smallest absolute Gasteiger partial charge is 0.368 e. The van der Waals surface area contributed by atoms with Crippen molar-refractivity contribution in [3.05, 3.63) is 107 Å². The number of nitrogens with one attached hydrogen (secondary N) is 1. The summed E-state index contributed by atoms with van der Waals surface area (Å²) in [6, 6.07) is 22.2. The van der Waals surface area contributed by atoms with Gasteiger partial charge in [0.2, 0.25) is 0 Å². The van der Waals surface area contributed by atoms with Gasteiger partial charge in [0.25, 0.3) is 9.84 Å². The molecule has 1 fully saturated rings. The van der Waals surface area contributed by atoms with Gasteiger partial charge in [0.05, 0.1) is 21.4 Å². The molecule has 1 N–H and O–H groups in total. The highest BCUT2D eigenvalue weighted by molar-refractivity contribution is 8.00. The number of sulfone groups is 1. The quantitative estimate of drug-likeness (QED) is 0.111. The average Bonchev–Trinajstić information content (AvgIpc) is 3.48. The molecule has 1 atom stereocenters. The van der Waals surface area contributed by atoms with Gasteiger partial charge in [-0.15, -0.1) is 0 Å². The van der Waals surface area contributed by atoms with E-state index < -0.39 is 42.7 Å². The Balaban J connectivity index is 0.00000295. The minimum Gasteiger partial charge on any atom is -0.368 e. The lowest BCUT2D eigenvalue weighted by Crippen LogP contribution is -2.46. The first-order valence-electron chi connectivity index (χ1n) is 17.7. The van der Waals surface area contributed by atoms with E-state index in [1.54, 1.807) is 30.5 Å². The Morgan fingerprint density at radius 1 is 0.821 bits per heavy atom. The predicted octanol–water partition coefficient (Wildman–Crippen LogP) is 11.1. The molecule has 4 aromatic carbocycles. The van der Waals surface area contributed by atoms with Crippen molar-refractivity contribution in [3.63, 3.8) is 0 Å². The van der Waals surface area contributed by atoms with Gasteiger partial charge in [0.1, 0.15) is 16.5 Å². The van der Waals surface area contributed by atoms with E-state index in [0.717, 1.165) is 40.2 Å². The molecule has 1 unspecified atom stereocenters. The number of rotatable bonds is 10. The highest BCUT2D eigenvalue weighted by Gasteiger charge is 2.48. The summed E-state index contributed by atoms with van der Waals surface area (Å²) in [5.74, 6) is -1.89. The zero-order valence-electron chi connectivity index (χ0n) is 31.5. The van der Waals surface area contributed by atoms with Crippen LogP contribution in [0.2, 0.25) is 5.02 Å². The van der Waals surface area contributed by atoms with Crippen LogP contribution in [0.4, 0.5) is 39.0 Å². The first kappa shape index (κ1) is 43.1. The van der Waals surface area contributed by atoms with Gasteiger partial charge >= 0.3 is 5.51 Å². The average molecular weight is 853 g/mol. The van der Waals surface area contributed by atoms with Crippen LogP contribution in [-0.4, -0.2) is 55.1 Å². The molecule has 1 aliphatic rings. The normalized spacial score (nSPS) is 14.1. The third-order valence-corrected chi connectivity index (χ3v) is 12.8. The molecule has 1 aromatic heterocycles. The zero-order valence-corrected chi connectivity index (χ0v) is 34.8. The number of benzene rings is 4. The monoisotopic (exact) mass is 852 g/mol. The minimum atomic E-state index is -5.85.